The summed E-state index contributed by atoms with van der Waals surface area (Å²) >= 11 is 0. The van der Waals surface area contributed by atoms with E-state index >= 15 is 0 Å². The molecule has 1 N–H and O–H groups in total. The lowest BCUT2D eigenvalue weighted by Crippen LogP contribution is -2.40. The molecule has 0 spiro atoms. The van der Waals surface area contributed by atoms with Crippen LogP contribution in [0.4, 0.5) is 4.39 Å². The highest BCUT2D eigenvalue weighted by Gasteiger charge is 2.27. The van der Waals surface area contributed by atoms with Gasteiger partial charge in [-0.05, 0) is 61.7 Å². The molecule has 0 aliphatic carbocycles. The van der Waals surface area contributed by atoms with Gasteiger partial charge >= 0.3 is 0 Å². The summed E-state index contributed by atoms with van der Waals surface area (Å²) in [5.41, 5.74) is 0.717. The van der Waals surface area contributed by atoms with Gasteiger partial charge in [0, 0.05) is 37.4 Å². The smallest absolute Gasteiger partial charge is 0.258 e. The third kappa shape index (κ3) is 5.27. The monoisotopic (exact) mass is 451 g/mol. The molecule has 33 heavy (non-hydrogen) atoms. The van der Waals surface area contributed by atoms with Crippen LogP contribution in [0.2, 0.25) is 0 Å². The molecule has 1 saturated heterocycles. The summed E-state index contributed by atoms with van der Waals surface area (Å²) in [6, 6.07) is 11.0. The Bertz CT molecular complexity index is 1210. The van der Waals surface area contributed by atoms with Gasteiger partial charge in [-0.2, -0.15) is 0 Å². The van der Waals surface area contributed by atoms with Crippen molar-refractivity contribution in [3.05, 3.63) is 70.0 Å². The van der Waals surface area contributed by atoms with Crippen LogP contribution in [0.25, 0.3) is 10.9 Å². The third-order valence-electron chi connectivity index (χ3n) is 6.11. The minimum Gasteiger partial charge on any atom is -0.497 e. The Kier molecular flexibility index (Phi) is 6.82. The molecule has 1 aliphatic heterocycles. The summed E-state index contributed by atoms with van der Waals surface area (Å²) in [5.74, 6) is 0.771. The second-order valence-electron chi connectivity index (χ2n) is 8.28. The van der Waals surface area contributed by atoms with Crippen molar-refractivity contribution in [3.63, 3.8) is 0 Å². The molecular weight excluding hydrogens is 425 g/mol. The largest absolute Gasteiger partial charge is 0.497 e. The fourth-order valence-corrected chi connectivity index (χ4v) is 4.22. The number of hydrogen-bond acceptors (Lipinski definition) is 5. The van der Waals surface area contributed by atoms with Crippen molar-refractivity contribution in [2.75, 3.05) is 20.2 Å². The molecule has 8 heteroatoms. The average Bonchev–Trinajstić information content (AvgIpc) is 2.84. The number of aryl methyl sites for hydroxylation is 1. The van der Waals surface area contributed by atoms with Gasteiger partial charge in [0.1, 0.15) is 17.4 Å². The van der Waals surface area contributed by atoms with E-state index in [1.165, 1.54) is 12.1 Å². The van der Waals surface area contributed by atoms with Gasteiger partial charge in [-0.1, -0.05) is 0 Å². The topological polar surface area (TPSA) is 92.4 Å². The van der Waals surface area contributed by atoms with Gasteiger partial charge < -0.3 is 14.6 Å². The van der Waals surface area contributed by atoms with Crippen LogP contribution in [0.3, 0.4) is 0 Å². The Balaban J connectivity index is 1.26. The van der Waals surface area contributed by atoms with Crippen LogP contribution in [0.1, 0.15) is 41.9 Å². The molecular formula is C25H26FN3O4. The van der Waals surface area contributed by atoms with Gasteiger partial charge in [0.05, 0.1) is 18.0 Å². The van der Waals surface area contributed by atoms with Crippen molar-refractivity contribution in [1.29, 1.82) is 0 Å². The predicted molar refractivity (Wildman–Crippen MR) is 122 cm³/mol. The maximum atomic E-state index is 13.3. The molecule has 2 aromatic carbocycles. The average molecular weight is 451 g/mol. The van der Waals surface area contributed by atoms with E-state index in [0.717, 1.165) is 6.07 Å². The Morgan fingerprint density at radius 1 is 1.15 bits per heavy atom. The number of benzene rings is 2. The second kappa shape index (κ2) is 9.94. The highest BCUT2D eigenvalue weighted by Crippen LogP contribution is 2.23. The summed E-state index contributed by atoms with van der Waals surface area (Å²) < 4.78 is 18.5. The number of nitrogens with zero attached hydrogens (tertiary/aromatic N) is 2. The van der Waals surface area contributed by atoms with Crippen LogP contribution in [0, 0.1) is 11.7 Å². The summed E-state index contributed by atoms with van der Waals surface area (Å²) in [6.07, 6.45) is 2.61. The molecule has 1 aliphatic rings. The van der Waals surface area contributed by atoms with Crippen molar-refractivity contribution in [3.8, 4) is 5.75 Å². The first kappa shape index (κ1) is 22.6. The molecule has 1 fully saturated rings. The molecule has 1 amide bonds. The number of hydrogen-bond donors (Lipinski definition) is 1. The van der Waals surface area contributed by atoms with Gasteiger partial charge in [-0.15, -0.1) is 0 Å². The van der Waals surface area contributed by atoms with Crippen molar-refractivity contribution < 1.29 is 18.7 Å². The number of H-pyrrole nitrogens is 1. The van der Waals surface area contributed by atoms with Crippen molar-refractivity contribution in [2.24, 2.45) is 5.92 Å². The summed E-state index contributed by atoms with van der Waals surface area (Å²) in [6.45, 7) is 1.12. The number of ether oxygens (including phenoxy) is 1. The second-order valence-corrected chi connectivity index (χ2v) is 8.28. The SMILES string of the molecule is COc1ccc(C(=O)C2CCN(C(=O)CCCc3nc4ccc(F)cc4c(=O)[nH]3)CC2)cc1. The molecule has 3 aromatic rings. The Labute approximate surface area is 190 Å². The van der Waals surface area contributed by atoms with Crippen LogP contribution in [-0.4, -0.2) is 46.8 Å². The number of rotatable bonds is 7. The lowest BCUT2D eigenvalue weighted by Gasteiger charge is -2.31. The van der Waals surface area contributed by atoms with Crippen LogP contribution in [0.5, 0.6) is 5.75 Å². The Morgan fingerprint density at radius 3 is 2.58 bits per heavy atom. The first-order valence-electron chi connectivity index (χ1n) is 11.1. The molecule has 0 saturated carbocycles. The minimum absolute atomic E-state index is 0.0375. The van der Waals surface area contributed by atoms with E-state index in [4.69, 9.17) is 4.74 Å². The molecule has 0 atom stereocenters. The molecule has 7 nitrogen and oxygen atoms in total. The van der Waals surface area contributed by atoms with Crippen molar-refractivity contribution >= 4 is 22.6 Å². The van der Waals surface area contributed by atoms with Crippen LogP contribution >= 0.6 is 0 Å². The number of likely N-dealkylation sites (tertiary alicyclic amines) is 1. The molecule has 4 rings (SSSR count). The molecule has 2 heterocycles. The highest BCUT2D eigenvalue weighted by molar-refractivity contribution is 5.98. The number of carbonyl (C=O) groups is 2. The standard InChI is InChI=1S/C25H26FN3O4/c1-33-19-8-5-16(6-9-19)24(31)17-11-13-29(14-12-17)23(30)4-2-3-22-27-21-10-7-18(26)15-20(21)25(32)28-22/h5-10,15,17H,2-4,11-14H2,1H3,(H,27,28,32). The van der Waals surface area contributed by atoms with E-state index in [0.29, 0.717) is 67.8 Å². The lowest BCUT2D eigenvalue weighted by atomic mass is 9.88. The summed E-state index contributed by atoms with van der Waals surface area (Å²) in [4.78, 5) is 46.3. The quantitative estimate of drug-likeness (QED) is 0.555. The van der Waals surface area contributed by atoms with E-state index in [1.54, 1.807) is 36.3 Å². The zero-order valence-electron chi connectivity index (χ0n) is 18.5. The lowest BCUT2D eigenvalue weighted by molar-refractivity contribution is -0.132. The van der Waals surface area contributed by atoms with E-state index in [9.17, 15) is 18.8 Å². The molecule has 0 radical (unpaired) electrons. The number of methoxy groups -OCH3 is 1. The zero-order valence-corrected chi connectivity index (χ0v) is 18.5. The predicted octanol–water partition coefficient (Wildman–Crippen LogP) is 3.52. The van der Waals surface area contributed by atoms with Gasteiger partial charge in [0.15, 0.2) is 5.78 Å². The first-order valence-corrected chi connectivity index (χ1v) is 11.1. The molecule has 0 unspecified atom stereocenters. The zero-order chi connectivity index (χ0) is 23.4. The van der Waals surface area contributed by atoms with E-state index in [2.05, 4.69) is 9.97 Å². The third-order valence-corrected chi connectivity index (χ3v) is 6.11. The number of piperidine rings is 1. The number of halogens is 1. The van der Waals surface area contributed by atoms with Gasteiger partial charge in [0.25, 0.3) is 5.56 Å². The number of amides is 1. The van der Waals surface area contributed by atoms with Gasteiger partial charge in [-0.25, -0.2) is 9.37 Å². The number of Topliss-reactive ketones (excluding diaryl/α,β-unsaturated/α-hetero) is 1. The molecule has 1 aromatic heterocycles. The van der Waals surface area contributed by atoms with E-state index < -0.39 is 5.82 Å². The number of ketones is 1. The molecule has 0 bridgehead atoms. The highest BCUT2D eigenvalue weighted by atomic mass is 19.1. The fourth-order valence-electron chi connectivity index (χ4n) is 4.22. The summed E-state index contributed by atoms with van der Waals surface area (Å²) in [7, 11) is 1.59. The number of aromatic amines is 1. The maximum Gasteiger partial charge on any atom is 0.258 e. The fraction of sp³-hybridized carbons (Fsp3) is 0.360. The van der Waals surface area contributed by atoms with E-state index in [1.807, 2.05) is 0 Å². The van der Waals surface area contributed by atoms with Gasteiger partial charge in [0.2, 0.25) is 5.91 Å². The van der Waals surface area contributed by atoms with Crippen LogP contribution < -0.4 is 10.3 Å². The number of aromatic nitrogens is 2. The first-order chi connectivity index (χ1) is 15.9. The van der Waals surface area contributed by atoms with Crippen LogP contribution in [0.15, 0.2) is 47.3 Å². The normalized spacial score (nSPS) is 14.4. The van der Waals surface area contributed by atoms with E-state index in [-0.39, 0.29) is 28.6 Å². The maximum absolute atomic E-state index is 13.3. The van der Waals surface area contributed by atoms with Crippen molar-refractivity contribution in [2.45, 2.75) is 32.1 Å². The van der Waals surface area contributed by atoms with Crippen LogP contribution in [-0.2, 0) is 11.2 Å². The minimum atomic E-state index is -0.484. The van der Waals surface area contributed by atoms with Crippen molar-refractivity contribution in [1.82, 2.24) is 14.9 Å². The van der Waals surface area contributed by atoms with Gasteiger partial charge in [-0.3, -0.25) is 14.4 Å². The Morgan fingerprint density at radius 2 is 1.88 bits per heavy atom. The Hall–Kier alpha value is -3.55. The number of fused-ring (bicyclic) bond motifs is 1. The number of nitrogens with one attached hydrogen (secondary N) is 1. The summed E-state index contributed by atoms with van der Waals surface area (Å²) in [5, 5.41) is 0.210. The molecule has 172 valence electrons. The number of carbonyl (C=O) groups excluding carboxylic acids is 2.